The molecule has 1 amide bonds. The molecule has 2 N–H and O–H groups in total. The number of amides is 1. The van der Waals surface area contributed by atoms with Gasteiger partial charge in [-0.2, -0.15) is 5.21 Å². The monoisotopic (exact) mass is 397 g/mol. The first-order chi connectivity index (χ1) is 13.5. The quantitative estimate of drug-likeness (QED) is 0.533. The fourth-order valence-corrected chi connectivity index (χ4v) is 3.76. The molecule has 0 saturated carbocycles. The predicted octanol–water partition coefficient (Wildman–Crippen LogP) is 4.43. The van der Waals surface area contributed by atoms with Crippen molar-refractivity contribution in [3.05, 3.63) is 70.6 Å². The van der Waals surface area contributed by atoms with Gasteiger partial charge in [0, 0.05) is 10.6 Å². The molecule has 2 aromatic heterocycles. The van der Waals surface area contributed by atoms with Gasteiger partial charge in [0.2, 0.25) is 5.82 Å². The molecule has 4 aromatic rings. The molecule has 6 nitrogen and oxygen atoms in total. The Kier molecular flexibility index (Phi) is 4.66. The summed E-state index contributed by atoms with van der Waals surface area (Å²) in [6.07, 6.45) is 0. The number of H-pyrrole nitrogens is 1. The molecule has 140 valence electrons. The van der Waals surface area contributed by atoms with Gasteiger partial charge in [-0.1, -0.05) is 18.2 Å². The first kappa shape index (κ1) is 17.9. The van der Waals surface area contributed by atoms with Crippen molar-refractivity contribution < 1.29 is 13.6 Å². The zero-order chi connectivity index (χ0) is 19.7. The zero-order valence-electron chi connectivity index (χ0n) is 14.5. The fraction of sp³-hybridized carbons (Fsp3) is 0.0526. The van der Waals surface area contributed by atoms with Crippen LogP contribution in [0.4, 0.5) is 14.5 Å². The third kappa shape index (κ3) is 3.39. The van der Waals surface area contributed by atoms with E-state index in [4.69, 9.17) is 0 Å². The maximum absolute atomic E-state index is 13.7. The maximum atomic E-state index is 13.7. The third-order valence-corrected chi connectivity index (χ3v) is 5.17. The van der Waals surface area contributed by atoms with Crippen LogP contribution in [0.15, 0.2) is 48.5 Å². The number of benzene rings is 2. The first-order valence-corrected chi connectivity index (χ1v) is 9.04. The van der Waals surface area contributed by atoms with Gasteiger partial charge in [-0.25, -0.2) is 8.78 Å². The molecule has 0 radical (unpaired) electrons. The van der Waals surface area contributed by atoms with Crippen LogP contribution in [-0.4, -0.2) is 26.5 Å². The second-order valence-electron chi connectivity index (χ2n) is 5.94. The van der Waals surface area contributed by atoms with E-state index < -0.39 is 23.1 Å². The number of carbonyl (C=O) groups is 1. The van der Waals surface area contributed by atoms with E-state index in [0.717, 1.165) is 33.0 Å². The minimum absolute atomic E-state index is 0.433. The normalized spacial score (nSPS) is 10.8. The Balaban J connectivity index is 1.56. The lowest BCUT2D eigenvalue weighted by Crippen LogP contribution is -2.15. The van der Waals surface area contributed by atoms with Gasteiger partial charge in [-0.05, 0) is 53.6 Å². The van der Waals surface area contributed by atoms with Gasteiger partial charge in [0.25, 0.3) is 5.91 Å². The van der Waals surface area contributed by atoms with Gasteiger partial charge in [0.1, 0.15) is 17.2 Å². The molecule has 4 rings (SSSR count). The minimum atomic E-state index is -0.906. The molecule has 28 heavy (non-hydrogen) atoms. The maximum Gasteiger partial charge on any atom is 0.261 e. The Morgan fingerprint density at radius 3 is 2.46 bits per heavy atom. The number of halogens is 2. The third-order valence-electron chi connectivity index (χ3n) is 4.13. The number of aryl methyl sites for hydroxylation is 1. The topological polar surface area (TPSA) is 83.6 Å². The van der Waals surface area contributed by atoms with Crippen LogP contribution in [0.5, 0.6) is 0 Å². The Bertz CT molecular complexity index is 1120. The average Bonchev–Trinajstić information content (AvgIpc) is 3.32. The standard InChI is InChI=1S/C19H13F2N5OS/c1-10-13(9-16(28-10)18-23-25-26-24-18)11-5-7-12(8-6-11)22-19(27)17-14(20)3-2-4-15(17)21/h2-9H,1H3,(H,22,27)(H,23,24,25,26). The number of hydrogen-bond acceptors (Lipinski definition) is 5. The van der Waals surface area contributed by atoms with Gasteiger partial charge < -0.3 is 5.32 Å². The molecule has 2 aromatic carbocycles. The van der Waals surface area contributed by atoms with Gasteiger partial charge >= 0.3 is 0 Å². The van der Waals surface area contributed by atoms with Crippen LogP contribution < -0.4 is 5.32 Å². The average molecular weight is 397 g/mol. The number of rotatable bonds is 4. The van der Waals surface area contributed by atoms with E-state index in [0.29, 0.717) is 11.5 Å². The second kappa shape index (κ2) is 7.28. The summed E-state index contributed by atoms with van der Waals surface area (Å²) in [7, 11) is 0. The second-order valence-corrected chi connectivity index (χ2v) is 7.20. The van der Waals surface area contributed by atoms with Crippen molar-refractivity contribution in [1.29, 1.82) is 0 Å². The summed E-state index contributed by atoms with van der Waals surface area (Å²) in [5, 5.41) is 16.5. The molecular weight excluding hydrogens is 384 g/mol. The van der Waals surface area contributed by atoms with Crippen LogP contribution in [0, 0.1) is 18.6 Å². The van der Waals surface area contributed by atoms with Crippen molar-refractivity contribution in [3.63, 3.8) is 0 Å². The number of tetrazole rings is 1. The van der Waals surface area contributed by atoms with E-state index in [2.05, 4.69) is 25.9 Å². The molecule has 0 aliphatic heterocycles. The number of nitrogens with zero attached hydrogens (tertiary/aromatic N) is 3. The van der Waals surface area contributed by atoms with Gasteiger partial charge in [0.05, 0.1) is 4.88 Å². The van der Waals surface area contributed by atoms with Gasteiger partial charge in [-0.3, -0.25) is 4.79 Å². The minimum Gasteiger partial charge on any atom is -0.322 e. The number of hydrogen-bond donors (Lipinski definition) is 2. The zero-order valence-corrected chi connectivity index (χ0v) is 15.3. The SMILES string of the molecule is Cc1sc(-c2nn[nH]n2)cc1-c1ccc(NC(=O)c2c(F)cccc2F)cc1. The Morgan fingerprint density at radius 2 is 1.82 bits per heavy atom. The molecule has 0 saturated heterocycles. The van der Waals surface area contributed by atoms with E-state index in [9.17, 15) is 13.6 Å². The summed E-state index contributed by atoms with van der Waals surface area (Å²) in [5.41, 5.74) is 1.76. The van der Waals surface area contributed by atoms with Gasteiger partial charge in [0.15, 0.2) is 0 Å². The molecule has 0 unspecified atom stereocenters. The largest absolute Gasteiger partial charge is 0.322 e. The van der Waals surface area contributed by atoms with Crippen molar-refractivity contribution in [3.8, 4) is 21.8 Å². The van der Waals surface area contributed by atoms with Crippen LogP contribution in [0.25, 0.3) is 21.8 Å². The van der Waals surface area contributed by atoms with E-state index in [-0.39, 0.29) is 0 Å². The van der Waals surface area contributed by atoms with E-state index in [1.807, 2.05) is 25.1 Å². The molecule has 0 atom stereocenters. The fourth-order valence-electron chi connectivity index (χ4n) is 2.79. The van der Waals surface area contributed by atoms with Crippen molar-refractivity contribution >= 4 is 22.9 Å². The van der Waals surface area contributed by atoms with Crippen LogP contribution >= 0.6 is 11.3 Å². The van der Waals surface area contributed by atoms with Gasteiger partial charge in [-0.15, -0.1) is 21.5 Å². The van der Waals surface area contributed by atoms with E-state index in [1.54, 1.807) is 23.5 Å². The number of thiophene rings is 1. The summed E-state index contributed by atoms with van der Waals surface area (Å²) < 4.78 is 27.5. The summed E-state index contributed by atoms with van der Waals surface area (Å²) in [6, 6.07) is 12.3. The number of aromatic nitrogens is 4. The summed E-state index contributed by atoms with van der Waals surface area (Å²) in [6.45, 7) is 1.99. The molecule has 0 spiro atoms. The Hall–Kier alpha value is -3.46. The van der Waals surface area contributed by atoms with Crippen LogP contribution in [0.2, 0.25) is 0 Å². The molecule has 2 heterocycles. The van der Waals surface area contributed by atoms with Crippen molar-refractivity contribution in [2.45, 2.75) is 6.92 Å². The van der Waals surface area contributed by atoms with Crippen molar-refractivity contribution in [2.75, 3.05) is 5.32 Å². The smallest absolute Gasteiger partial charge is 0.261 e. The van der Waals surface area contributed by atoms with Crippen LogP contribution in [0.1, 0.15) is 15.2 Å². The molecular formula is C19H13F2N5OS. The highest BCUT2D eigenvalue weighted by molar-refractivity contribution is 7.15. The number of anilines is 1. The molecule has 0 aliphatic rings. The molecule has 0 bridgehead atoms. The predicted molar refractivity (Wildman–Crippen MR) is 102 cm³/mol. The molecule has 0 aliphatic carbocycles. The number of aromatic amines is 1. The van der Waals surface area contributed by atoms with Crippen molar-refractivity contribution in [1.82, 2.24) is 20.6 Å². The lowest BCUT2D eigenvalue weighted by atomic mass is 10.1. The molecule has 9 heteroatoms. The first-order valence-electron chi connectivity index (χ1n) is 8.23. The highest BCUT2D eigenvalue weighted by Crippen LogP contribution is 2.35. The highest BCUT2D eigenvalue weighted by Gasteiger charge is 2.17. The van der Waals surface area contributed by atoms with Crippen molar-refractivity contribution in [2.24, 2.45) is 0 Å². The van der Waals surface area contributed by atoms with Crippen LogP contribution in [0.3, 0.4) is 0 Å². The Labute approximate surface area is 162 Å². The van der Waals surface area contributed by atoms with Crippen LogP contribution in [-0.2, 0) is 0 Å². The van der Waals surface area contributed by atoms with E-state index in [1.165, 1.54) is 6.07 Å². The lowest BCUT2D eigenvalue weighted by molar-refractivity contribution is 0.101. The highest BCUT2D eigenvalue weighted by atomic mass is 32.1. The summed E-state index contributed by atoms with van der Waals surface area (Å²) in [4.78, 5) is 14.1. The number of nitrogens with one attached hydrogen (secondary N) is 2. The number of carbonyl (C=O) groups excluding carboxylic acids is 1. The summed E-state index contributed by atoms with van der Waals surface area (Å²) in [5.74, 6) is -2.13. The summed E-state index contributed by atoms with van der Waals surface area (Å²) >= 11 is 1.54. The lowest BCUT2D eigenvalue weighted by Gasteiger charge is -2.08. The Morgan fingerprint density at radius 1 is 1.11 bits per heavy atom. The van der Waals surface area contributed by atoms with E-state index >= 15 is 0 Å². The molecule has 0 fully saturated rings.